The molecule has 6 heteroatoms. The fourth-order valence-corrected chi connectivity index (χ4v) is 3.58. The van der Waals surface area contributed by atoms with E-state index >= 15 is 0 Å². The van der Waals surface area contributed by atoms with Gasteiger partial charge in [-0.1, -0.05) is 18.2 Å². The molecule has 1 aromatic heterocycles. The highest BCUT2D eigenvalue weighted by Crippen LogP contribution is 2.29. The van der Waals surface area contributed by atoms with Gasteiger partial charge < -0.3 is 9.64 Å². The first-order valence-electron chi connectivity index (χ1n) is 8.97. The average molecular weight is 341 g/mol. The number of aryl methyl sites for hydroxylation is 1. The Hall–Kier alpha value is -2.21. The van der Waals surface area contributed by atoms with Crippen molar-refractivity contribution in [2.75, 3.05) is 19.8 Å². The molecule has 2 aliphatic rings. The third kappa shape index (κ3) is 3.31. The van der Waals surface area contributed by atoms with E-state index in [-0.39, 0.29) is 18.0 Å². The Balaban J connectivity index is 1.58. The van der Waals surface area contributed by atoms with Crippen LogP contribution >= 0.6 is 0 Å². The summed E-state index contributed by atoms with van der Waals surface area (Å²) in [7, 11) is 0. The summed E-state index contributed by atoms with van der Waals surface area (Å²) in [5, 5.41) is 5.83. The Kier molecular flexibility index (Phi) is 4.29. The summed E-state index contributed by atoms with van der Waals surface area (Å²) in [6.07, 6.45) is 3.11. The second kappa shape index (κ2) is 6.59. The Morgan fingerprint density at radius 2 is 2.04 bits per heavy atom. The van der Waals surface area contributed by atoms with Gasteiger partial charge in [0, 0.05) is 30.5 Å². The number of benzene rings is 1. The summed E-state index contributed by atoms with van der Waals surface area (Å²) in [6.45, 7) is 4.11. The molecule has 2 aromatic rings. The largest absolute Gasteiger partial charge is 0.381 e. The Labute approximate surface area is 146 Å². The van der Waals surface area contributed by atoms with Gasteiger partial charge in [-0.2, -0.15) is 5.10 Å². The molecule has 1 amide bonds. The summed E-state index contributed by atoms with van der Waals surface area (Å²) in [6, 6.07) is 7.74. The molecule has 0 radical (unpaired) electrons. The van der Waals surface area contributed by atoms with Gasteiger partial charge in [0.25, 0.3) is 5.56 Å². The van der Waals surface area contributed by atoms with E-state index in [0.717, 1.165) is 50.1 Å². The number of hydrogen-bond acceptors (Lipinski definition) is 4. The summed E-state index contributed by atoms with van der Waals surface area (Å²) < 4.78 is 6.75. The maximum Gasteiger partial charge on any atom is 0.275 e. The van der Waals surface area contributed by atoms with Gasteiger partial charge in [0.05, 0.1) is 17.7 Å². The highest BCUT2D eigenvalue weighted by atomic mass is 16.5. The van der Waals surface area contributed by atoms with Gasteiger partial charge in [0.15, 0.2) is 0 Å². The Bertz CT molecular complexity index is 851. The number of fused-ring (bicyclic) bond motifs is 1. The maximum atomic E-state index is 12.9. The minimum Gasteiger partial charge on any atom is -0.381 e. The Morgan fingerprint density at radius 1 is 1.28 bits per heavy atom. The monoisotopic (exact) mass is 341 g/mol. The second-order valence-corrected chi connectivity index (χ2v) is 7.10. The molecule has 6 nitrogen and oxygen atoms in total. The molecule has 0 bridgehead atoms. The fraction of sp³-hybridized carbons (Fsp3) is 0.526. The first-order chi connectivity index (χ1) is 12.1. The van der Waals surface area contributed by atoms with Crippen molar-refractivity contribution in [3.8, 4) is 0 Å². The van der Waals surface area contributed by atoms with Crippen molar-refractivity contribution in [1.29, 1.82) is 0 Å². The zero-order valence-electron chi connectivity index (χ0n) is 14.5. The van der Waals surface area contributed by atoms with Crippen molar-refractivity contribution >= 4 is 16.7 Å². The van der Waals surface area contributed by atoms with E-state index in [1.165, 1.54) is 4.68 Å². The minimum absolute atomic E-state index is 0.00852. The standard InChI is InChI=1S/C19H23N3O3/c1-13-16-4-2-3-5-17(16)19(24)22(20-13)11-18(23)21(15-6-7-15)10-14-8-9-25-12-14/h2-5,14-15H,6-12H2,1H3/t14-/m0/s1. The fourth-order valence-electron chi connectivity index (χ4n) is 3.58. The summed E-state index contributed by atoms with van der Waals surface area (Å²) >= 11 is 0. The lowest BCUT2D eigenvalue weighted by atomic mass is 10.1. The van der Waals surface area contributed by atoms with Gasteiger partial charge in [0.2, 0.25) is 5.91 Å². The van der Waals surface area contributed by atoms with Gasteiger partial charge in [-0.25, -0.2) is 4.68 Å². The molecular weight excluding hydrogens is 318 g/mol. The topological polar surface area (TPSA) is 64.4 Å². The van der Waals surface area contributed by atoms with Gasteiger partial charge >= 0.3 is 0 Å². The first-order valence-corrected chi connectivity index (χ1v) is 8.97. The maximum absolute atomic E-state index is 12.9. The van der Waals surface area contributed by atoms with Crippen LogP contribution in [-0.2, 0) is 16.1 Å². The van der Waals surface area contributed by atoms with Crippen molar-refractivity contribution < 1.29 is 9.53 Å². The van der Waals surface area contributed by atoms with Crippen LogP contribution in [-0.4, -0.2) is 46.4 Å². The number of amides is 1. The van der Waals surface area contributed by atoms with Gasteiger partial charge in [-0.05, 0) is 32.3 Å². The van der Waals surface area contributed by atoms with Crippen molar-refractivity contribution in [1.82, 2.24) is 14.7 Å². The molecule has 4 rings (SSSR count). The van der Waals surface area contributed by atoms with Crippen LogP contribution in [0.25, 0.3) is 10.8 Å². The molecule has 0 unspecified atom stereocenters. The zero-order chi connectivity index (χ0) is 17.4. The van der Waals surface area contributed by atoms with Gasteiger partial charge in [0.1, 0.15) is 6.54 Å². The molecule has 132 valence electrons. The number of carbonyl (C=O) groups excluding carboxylic acids is 1. The van der Waals surface area contributed by atoms with Crippen LogP contribution < -0.4 is 5.56 Å². The molecule has 1 aliphatic heterocycles. The van der Waals surface area contributed by atoms with E-state index in [9.17, 15) is 9.59 Å². The number of rotatable bonds is 5. The molecule has 2 heterocycles. The summed E-state index contributed by atoms with van der Waals surface area (Å²) in [5.41, 5.74) is 0.569. The molecule has 1 atom stereocenters. The number of nitrogens with zero attached hydrogens (tertiary/aromatic N) is 3. The van der Waals surface area contributed by atoms with Gasteiger partial charge in [-0.3, -0.25) is 9.59 Å². The summed E-state index contributed by atoms with van der Waals surface area (Å²) in [5.74, 6) is 0.395. The third-order valence-electron chi connectivity index (χ3n) is 5.12. The quantitative estimate of drug-likeness (QED) is 0.831. The van der Waals surface area contributed by atoms with E-state index in [4.69, 9.17) is 4.74 Å². The van der Waals surface area contributed by atoms with E-state index in [1.54, 1.807) is 6.07 Å². The predicted molar refractivity (Wildman–Crippen MR) is 94.4 cm³/mol. The number of carbonyl (C=O) groups is 1. The normalized spacial score (nSPS) is 20.1. The first kappa shape index (κ1) is 16.3. The Morgan fingerprint density at radius 3 is 2.72 bits per heavy atom. The number of ether oxygens (including phenoxy) is 1. The molecule has 1 saturated carbocycles. The minimum atomic E-state index is -0.200. The SMILES string of the molecule is Cc1nn(CC(=O)N(C[C@@H]2CCOC2)C2CC2)c(=O)c2ccccc12. The second-order valence-electron chi connectivity index (χ2n) is 7.10. The molecule has 1 aliphatic carbocycles. The predicted octanol–water partition coefficient (Wildman–Crippen LogP) is 1.73. The number of aromatic nitrogens is 2. The molecule has 0 spiro atoms. The third-order valence-corrected chi connectivity index (χ3v) is 5.12. The van der Waals surface area contributed by atoms with Crippen LogP contribution in [0, 0.1) is 12.8 Å². The molecule has 1 saturated heterocycles. The lowest BCUT2D eigenvalue weighted by Gasteiger charge is -2.25. The van der Waals surface area contributed by atoms with E-state index in [0.29, 0.717) is 17.3 Å². The smallest absolute Gasteiger partial charge is 0.275 e. The highest BCUT2D eigenvalue weighted by molar-refractivity contribution is 5.83. The van der Waals surface area contributed by atoms with Crippen LogP contribution in [0.1, 0.15) is 25.0 Å². The van der Waals surface area contributed by atoms with Crippen LogP contribution in [0.3, 0.4) is 0 Å². The lowest BCUT2D eigenvalue weighted by molar-refractivity contribution is -0.133. The van der Waals surface area contributed by atoms with Crippen LogP contribution in [0.15, 0.2) is 29.1 Å². The average Bonchev–Trinajstić information content (AvgIpc) is 3.33. The molecule has 0 N–H and O–H groups in total. The van der Waals surface area contributed by atoms with E-state index in [1.807, 2.05) is 30.0 Å². The number of hydrogen-bond donors (Lipinski definition) is 0. The van der Waals surface area contributed by atoms with Crippen molar-refractivity contribution in [3.05, 3.63) is 40.3 Å². The van der Waals surface area contributed by atoms with Crippen molar-refractivity contribution in [3.63, 3.8) is 0 Å². The van der Waals surface area contributed by atoms with Crippen LogP contribution in [0.4, 0.5) is 0 Å². The van der Waals surface area contributed by atoms with E-state index in [2.05, 4.69) is 5.10 Å². The van der Waals surface area contributed by atoms with Crippen molar-refractivity contribution in [2.45, 2.75) is 38.8 Å². The van der Waals surface area contributed by atoms with Crippen LogP contribution in [0.5, 0.6) is 0 Å². The molecular formula is C19H23N3O3. The van der Waals surface area contributed by atoms with Gasteiger partial charge in [-0.15, -0.1) is 0 Å². The highest BCUT2D eigenvalue weighted by Gasteiger charge is 2.35. The molecule has 25 heavy (non-hydrogen) atoms. The van der Waals surface area contributed by atoms with Crippen LogP contribution in [0.2, 0.25) is 0 Å². The summed E-state index contributed by atoms with van der Waals surface area (Å²) in [4.78, 5) is 27.5. The molecule has 1 aromatic carbocycles. The van der Waals surface area contributed by atoms with E-state index < -0.39 is 0 Å². The molecule has 2 fully saturated rings. The zero-order valence-corrected chi connectivity index (χ0v) is 14.5. The van der Waals surface area contributed by atoms with Crippen molar-refractivity contribution in [2.24, 2.45) is 5.92 Å². The lowest BCUT2D eigenvalue weighted by Crippen LogP contribution is -2.41.